The lowest BCUT2D eigenvalue weighted by molar-refractivity contribution is -0.115. The largest absolute Gasteiger partial charge is 0.332 e. The van der Waals surface area contributed by atoms with Gasteiger partial charge in [-0.05, 0) is 35.9 Å². The van der Waals surface area contributed by atoms with E-state index >= 15 is 0 Å². The van der Waals surface area contributed by atoms with Crippen LogP contribution in [0.3, 0.4) is 0 Å². The van der Waals surface area contributed by atoms with Crippen molar-refractivity contribution in [1.29, 1.82) is 0 Å². The Morgan fingerprint density at radius 3 is 2.00 bits per heavy atom. The van der Waals surface area contributed by atoms with Gasteiger partial charge in [0, 0.05) is 16.0 Å². The second-order valence-corrected chi connectivity index (χ2v) is 9.04. The second-order valence-electron chi connectivity index (χ2n) is 7.95. The highest BCUT2D eigenvalue weighted by molar-refractivity contribution is 7.99. The van der Waals surface area contributed by atoms with Crippen LogP contribution in [0.5, 0.6) is 0 Å². The minimum absolute atomic E-state index is 0.192. The van der Waals surface area contributed by atoms with Crippen molar-refractivity contribution in [2.45, 2.75) is 16.2 Å². The number of amides is 2. The summed E-state index contributed by atoms with van der Waals surface area (Å²) in [5, 5.41) is 6.89. The van der Waals surface area contributed by atoms with Crippen LogP contribution in [0.25, 0.3) is 10.9 Å². The molecule has 0 radical (unpaired) electrons. The topological polar surface area (TPSA) is 63.1 Å². The first-order valence-electron chi connectivity index (χ1n) is 11.3. The number of hydrogen-bond acceptors (Lipinski definition) is 3. The number of nitrogens with zero attached hydrogens (tertiary/aromatic N) is 1. The van der Waals surface area contributed by atoms with E-state index in [2.05, 4.69) is 10.6 Å². The van der Waals surface area contributed by atoms with Gasteiger partial charge in [0.25, 0.3) is 0 Å². The van der Waals surface area contributed by atoms with Gasteiger partial charge >= 0.3 is 6.03 Å². The number of para-hydroxylation sites is 2. The molecular formula is C29H23N3O2S. The van der Waals surface area contributed by atoms with Crippen molar-refractivity contribution in [3.05, 3.63) is 121 Å². The van der Waals surface area contributed by atoms with Gasteiger partial charge < -0.3 is 10.6 Å². The molecule has 2 N–H and O–H groups in total. The summed E-state index contributed by atoms with van der Waals surface area (Å²) in [7, 11) is 0. The zero-order chi connectivity index (χ0) is 24.0. The van der Waals surface area contributed by atoms with Crippen molar-refractivity contribution < 1.29 is 9.59 Å². The molecule has 1 aromatic heterocycles. The summed E-state index contributed by atoms with van der Waals surface area (Å²) in [6.45, 7) is 0. The first-order valence-corrected chi connectivity index (χ1v) is 12.1. The monoisotopic (exact) mass is 477 g/mol. The number of hydrogen-bond donors (Lipinski definition) is 2. The van der Waals surface area contributed by atoms with E-state index in [1.165, 1.54) is 11.8 Å². The molecule has 4 aromatic carbocycles. The van der Waals surface area contributed by atoms with Crippen LogP contribution in [-0.4, -0.2) is 16.5 Å². The average molecular weight is 478 g/mol. The van der Waals surface area contributed by atoms with Crippen LogP contribution in [0.2, 0.25) is 0 Å². The fourth-order valence-corrected chi connectivity index (χ4v) is 4.95. The molecule has 2 amide bonds. The van der Waals surface area contributed by atoms with Gasteiger partial charge in [-0.15, -0.1) is 0 Å². The van der Waals surface area contributed by atoms with Gasteiger partial charge in [-0.2, -0.15) is 0 Å². The summed E-state index contributed by atoms with van der Waals surface area (Å²) in [6.07, 6.45) is 0.206. The Labute approximate surface area is 207 Å². The summed E-state index contributed by atoms with van der Waals surface area (Å²) < 4.78 is 1.55. The number of anilines is 2. The molecule has 1 heterocycles. The summed E-state index contributed by atoms with van der Waals surface area (Å²) in [5.41, 5.74) is 2.29. The molecule has 0 aliphatic carbocycles. The third kappa shape index (κ3) is 5.13. The van der Waals surface area contributed by atoms with E-state index in [0.29, 0.717) is 11.5 Å². The molecule has 6 heteroatoms. The molecule has 0 unspecified atom stereocenters. The molecule has 5 aromatic rings. The van der Waals surface area contributed by atoms with Crippen molar-refractivity contribution in [3.8, 4) is 0 Å². The molecule has 0 bridgehead atoms. The third-order valence-electron chi connectivity index (χ3n) is 5.48. The number of carbonyl (C=O) groups excluding carboxylic acids is 2. The van der Waals surface area contributed by atoms with Crippen molar-refractivity contribution in [2.24, 2.45) is 0 Å². The Morgan fingerprint density at radius 1 is 0.686 bits per heavy atom. The van der Waals surface area contributed by atoms with Crippen molar-refractivity contribution in [3.63, 3.8) is 0 Å². The molecule has 5 nitrogen and oxygen atoms in total. The first-order chi connectivity index (χ1) is 17.2. The van der Waals surface area contributed by atoms with Crippen LogP contribution < -0.4 is 10.6 Å². The Balaban J connectivity index is 1.59. The van der Waals surface area contributed by atoms with E-state index in [-0.39, 0.29) is 18.4 Å². The molecule has 0 spiro atoms. The van der Waals surface area contributed by atoms with Crippen LogP contribution in [0.15, 0.2) is 125 Å². The zero-order valence-electron chi connectivity index (χ0n) is 18.8. The van der Waals surface area contributed by atoms with Gasteiger partial charge in [0.15, 0.2) is 0 Å². The Hall–Kier alpha value is -4.29. The quantitative estimate of drug-likeness (QED) is 0.275. The van der Waals surface area contributed by atoms with E-state index in [0.717, 1.165) is 26.3 Å². The molecule has 0 aliphatic heterocycles. The first kappa shape index (κ1) is 22.5. The van der Waals surface area contributed by atoms with E-state index in [4.69, 9.17) is 0 Å². The Kier molecular flexibility index (Phi) is 6.63. The van der Waals surface area contributed by atoms with Gasteiger partial charge in [-0.3, -0.25) is 4.79 Å². The van der Waals surface area contributed by atoms with E-state index < -0.39 is 0 Å². The maximum Gasteiger partial charge on any atom is 0.332 e. The standard InChI is InChI=1S/C29H23N3O2S/c33-26(20-21-12-4-1-5-13-21)31-28-27(35-23-16-8-3-9-17-23)24-18-10-11-19-25(24)32(28)29(34)30-22-14-6-2-7-15-22/h1-19H,20H2,(H,30,34)(H,31,33). The fourth-order valence-electron chi connectivity index (χ4n) is 3.90. The SMILES string of the molecule is O=C(Cc1ccccc1)Nc1c(Sc2ccccc2)c2ccccc2n1C(=O)Nc1ccccc1. The van der Waals surface area contributed by atoms with E-state index in [1.54, 1.807) is 4.57 Å². The van der Waals surface area contributed by atoms with E-state index in [9.17, 15) is 9.59 Å². The normalized spacial score (nSPS) is 10.7. The summed E-state index contributed by atoms with van der Waals surface area (Å²) in [5.74, 6) is 0.261. The van der Waals surface area contributed by atoms with Gasteiger partial charge in [-0.1, -0.05) is 96.7 Å². The number of carbonyl (C=O) groups is 2. The second kappa shape index (κ2) is 10.3. The van der Waals surface area contributed by atoms with Crippen molar-refractivity contribution in [2.75, 3.05) is 10.6 Å². The lowest BCUT2D eigenvalue weighted by atomic mass is 10.1. The molecule has 0 saturated carbocycles. The third-order valence-corrected chi connectivity index (χ3v) is 6.61. The number of fused-ring (bicyclic) bond motifs is 1. The molecule has 35 heavy (non-hydrogen) atoms. The lowest BCUT2D eigenvalue weighted by Gasteiger charge is -2.13. The fraction of sp³-hybridized carbons (Fsp3) is 0.0345. The van der Waals surface area contributed by atoms with Gasteiger partial charge in [0.2, 0.25) is 5.91 Å². The Bertz CT molecular complexity index is 1470. The molecule has 0 fully saturated rings. The molecule has 0 atom stereocenters. The van der Waals surface area contributed by atoms with Crippen LogP contribution in [-0.2, 0) is 11.2 Å². The van der Waals surface area contributed by atoms with Crippen molar-refractivity contribution in [1.82, 2.24) is 4.57 Å². The predicted molar refractivity (Wildman–Crippen MR) is 142 cm³/mol. The molecule has 0 aliphatic rings. The zero-order valence-corrected chi connectivity index (χ0v) is 19.7. The van der Waals surface area contributed by atoms with Gasteiger partial charge in [0.05, 0.1) is 16.8 Å². The molecule has 5 rings (SSSR count). The van der Waals surface area contributed by atoms with Gasteiger partial charge in [-0.25, -0.2) is 9.36 Å². The van der Waals surface area contributed by atoms with Crippen molar-refractivity contribution >= 4 is 46.1 Å². The number of aromatic nitrogens is 1. The number of benzene rings is 4. The highest BCUT2D eigenvalue weighted by Crippen LogP contribution is 2.41. The summed E-state index contributed by atoms with van der Waals surface area (Å²) >= 11 is 1.52. The van der Waals surface area contributed by atoms with Gasteiger partial charge in [0.1, 0.15) is 5.82 Å². The van der Waals surface area contributed by atoms with Crippen LogP contribution >= 0.6 is 11.8 Å². The van der Waals surface area contributed by atoms with E-state index in [1.807, 2.05) is 115 Å². The minimum atomic E-state index is -0.345. The predicted octanol–water partition coefficient (Wildman–Crippen LogP) is 7.05. The molecule has 0 saturated heterocycles. The smallest absolute Gasteiger partial charge is 0.310 e. The maximum absolute atomic E-state index is 13.5. The van der Waals surface area contributed by atoms with Crippen LogP contribution in [0.1, 0.15) is 5.56 Å². The number of nitrogens with one attached hydrogen (secondary N) is 2. The summed E-state index contributed by atoms with van der Waals surface area (Å²) in [4.78, 5) is 28.5. The lowest BCUT2D eigenvalue weighted by Crippen LogP contribution is -2.24. The Morgan fingerprint density at radius 2 is 1.29 bits per heavy atom. The highest BCUT2D eigenvalue weighted by atomic mass is 32.2. The summed E-state index contributed by atoms with van der Waals surface area (Å²) in [6, 6.07) is 36.1. The van der Waals surface area contributed by atoms with Crippen LogP contribution in [0.4, 0.5) is 16.3 Å². The minimum Gasteiger partial charge on any atom is -0.310 e. The average Bonchev–Trinajstić information content (AvgIpc) is 3.18. The molecular weight excluding hydrogens is 454 g/mol. The highest BCUT2D eigenvalue weighted by Gasteiger charge is 2.24. The molecule has 172 valence electrons. The number of rotatable bonds is 6. The maximum atomic E-state index is 13.5. The van der Waals surface area contributed by atoms with Crippen LogP contribution in [0, 0.1) is 0 Å².